The standard InChI is InChI=1S/C15H14F2N2O3/c1-21-12-6-2-5-11(13(12)22-15(16)17)14(20)19-9-10-4-3-7-18-8-10/h2-8,15H,9H2,1H3,(H,19,20). The van der Waals surface area contributed by atoms with E-state index in [0.717, 1.165) is 5.56 Å². The molecule has 1 aromatic carbocycles. The molecule has 1 heterocycles. The van der Waals surface area contributed by atoms with Crippen LogP contribution < -0.4 is 14.8 Å². The molecule has 1 aromatic heterocycles. The Kier molecular flexibility index (Phi) is 5.24. The number of ether oxygens (including phenoxy) is 2. The van der Waals surface area contributed by atoms with Gasteiger partial charge in [-0.1, -0.05) is 12.1 Å². The highest BCUT2D eigenvalue weighted by Gasteiger charge is 2.20. The van der Waals surface area contributed by atoms with Gasteiger partial charge in [0.2, 0.25) is 0 Å². The number of methoxy groups -OCH3 is 1. The lowest BCUT2D eigenvalue weighted by Crippen LogP contribution is -2.24. The van der Waals surface area contributed by atoms with Crippen molar-refractivity contribution >= 4 is 5.91 Å². The molecule has 0 unspecified atom stereocenters. The molecular weight excluding hydrogens is 294 g/mol. The molecule has 2 aromatic rings. The molecule has 0 radical (unpaired) electrons. The molecule has 0 spiro atoms. The molecule has 0 aliphatic rings. The number of pyridine rings is 1. The van der Waals surface area contributed by atoms with E-state index in [2.05, 4.69) is 15.0 Å². The van der Waals surface area contributed by atoms with Gasteiger partial charge < -0.3 is 14.8 Å². The second-order valence-corrected chi connectivity index (χ2v) is 4.26. The van der Waals surface area contributed by atoms with Gasteiger partial charge in [0, 0.05) is 18.9 Å². The van der Waals surface area contributed by atoms with Gasteiger partial charge in [0.05, 0.1) is 12.7 Å². The van der Waals surface area contributed by atoms with Crippen molar-refractivity contribution in [3.05, 3.63) is 53.9 Å². The summed E-state index contributed by atoms with van der Waals surface area (Å²) in [5.41, 5.74) is 0.763. The van der Waals surface area contributed by atoms with Crippen molar-refractivity contribution in [2.45, 2.75) is 13.2 Å². The third-order valence-electron chi connectivity index (χ3n) is 2.83. The van der Waals surface area contributed by atoms with Crippen molar-refractivity contribution in [3.63, 3.8) is 0 Å². The van der Waals surface area contributed by atoms with Crippen molar-refractivity contribution in [1.29, 1.82) is 0 Å². The molecule has 0 fully saturated rings. The van der Waals surface area contributed by atoms with Gasteiger partial charge in [0.25, 0.3) is 5.91 Å². The SMILES string of the molecule is COc1cccc(C(=O)NCc2cccnc2)c1OC(F)F. The number of nitrogens with zero attached hydrogens (tertiary/aromatic N) is 1. The van der Waals surface area contributed by atoms with Crippen molar-refractivity contribution < 1.29 is 23.0 Å². The van der Waals surface area contributed by atoms with E-state index < -0.39 is 12.5 Å². The number of nitrogens with one attached hydrogen (secondary N) is 1. The summed E-state index contributed by atoms with van der Waals surface area (Å²) in [7, 11) is 1.31. The zero-order valence-corrected chi connectivity index (χ0v) is 11.8. The number of hydrogen-bond acceptors (Lipinski definition) is 4. The van der Waals surface area contributed by atoms with Gasteiger partial charge >= 0.3 is 6.61 Å². The number of amides is 1. The Morgan fingerprint density at radius 3 is 2.77 bits per heavy atom. The summed E-state index contributed by atoms with van der Waals surface area (Å²) < 4.78 is 34.4. The van der Waals surface area contributed by atoms with E-state index in [-0.39, 0.29) is 23.6 Å². The van der Waals surface area contributed by atoms with Gasteiger partial charge in [-0.2, -0.15) is 8.78 Å². The first-order chi connectivity index (χ1) is 10.6. The zero-order chi connectivity index (χ0) is 15.9. The van der Waals surface area contributed by atoms with E-state index in [1.807, 2.05) is 0 Å². The molecule has 0 saturated heterocycles. The molecule has 1 amide bonds. The van der Waals surface area contributed by atoms with Crippen molar-refractivity contribution in [2.75, 3.05) is 7.11 Å². The van der Waals surface area contributed by atoms with Crippen LogP contribution in [-0.4, -0.2) is 24.6 Å². The van der Waals surface area contributed by atoms with Crippen LogP contribution >= 0.6 is 0 Å². The van der Waals surface area contributed by atoms with Crippen LogP contribution in [0.1, 0.15) is 15.9 Å². The lowest BCUT2D eigenvalue weighted by atomic mass is 10.1. The highest BCUT2D eigenvalue weighted by Crippen LogP contribution is 2.32. The maximum atomic E-state index is 12.5. The maximum absolute atomic E-state index is 12.5. The van der Waals surface area contributed by atoms with Crippen LogP contribution in [-0.2, 0) is 6.54 Å². The zero-order valence-electron chi connectivity index (χ0n) is 11.8. The van der Waals surface area contributed by atoms with Gasteiger partial charge in [0.1, 0.15) is 0 Å². The summed E-state index contributed by atoms with van der Waals surface area (Å²) in [5, 5.41) is 2.62. The Morgan fingerprint density at radius 2 is 2.14 bits per heavy atom. The van der Waals surface area contributed by atoms with Crippen molar-refractivity contribution in [3.8, 4) is 11.5 Å². The predicted octanol–water partition coefficient (Wildman–Crippen LogP) is 2.62. The lowest BCUT2D eigenvalue weighted by molar-refractivity contribution is -0.0515. The number of para-hydroxylation sites is 1. The lowest BCUT2D eigenvalue weighted by Gasteiger charge is -2.14. The van der Waals surface area contributed by atoms with E-state index in [9.17, 15) is 13.6 Å². The maximum Gasteiger partial charge on any atom is 0.387 e. The minimum Gasteiger partial charge on any atom is -0.493 e. The molecule has 7 heteroatoms. The van der Waals surface area contributed by atoms with E-state index in [1.165, 1.54) is 25.3 Å². The number of aromatic nitrogens is 1. The number of hydrogen-bond donors (Lipinski definition) is 1. The molecule has 0 saturated carbocycles. The molecule has 116 valence electrons. The molecule has 2 rings (SSSR count). The Morgan fingerprint density at radius 1 is 1.32 bits per heavy atom. The van der Waals surface area contributed by atoms with Gasteiger partial charge in [0.15, 0.2) is 11.5 Å². The smallest absolute Gasteiger partial charge is 0.387 e. The number of carbonyl (C=O) groups excluding carboxylic acids is 1. The molecule has 0 aliphatic heterocycles. The summed E-state index contributed by atoms with van der Waals surface area (Å²) >= 11 is 0. The molecule has 1 N–H and O–H groups in total. The summed E-state index contributed by atoms with van der Waals surface area (Å²) in [6, 6.07) is 7.87. The average molecular weight is 308 g/mol. The molecule has 0 atom stereocenters. The topological polar surface area (TPSA) is 60.5 Å². The van der Waals surface area contributed by atoms with Gasteiger partial charge in [-0.15, -0.1) is 0 Å². The summed E-state index contributed by atoms with van der Waals surface area (Å²) in [6.07, 6.45) is 3.21. The first-order valence-corrected chi connectivity index (χ1v) is 6.40. The molecular formula is C15H14F2N2O3. The van der Waals surface area contributed by atoms with Crippen LogP contribution in [0.2, 0.25) is 0 Å². The fraction of sp³-hybridized carbons (Fsp3) is 0.200. The highest BCUT2D eigenvalue weighted by molar-refractivity contribution is 5.97. The highest BCUT2D eigenvalue weighted by atomic mass is 19.3. The quantitative estimate of drug-likeness (QED) is 0.891. The monoisotopic (exact) mass is 308 g/mol. The van der Waals surface area contributed by atoms with Crippen LogP contribution in [0.5, 0.6) is 11.5 Å². The first kappa shape index (κ1) is 15.7. The summed E-state index contributed by atoms with van der Waals surface area (Å²) in [6.45, 7) is -2.83. The van der Waals surface area contributed by atoms with E-state index in [4.69, 9.17) is 4.74 Å². The Labute approximate surface area is 125 Å². The number of rotatable bonds is 6. The van der Waals surface area contributed by atoms with Crippen LogP contribution in [0.4, 0.5) is 8.78 Å². The third kappa shape index (κ3) is 3.91. The first-order valence-electron chi connectivity index (χ1n) is 6.40. The summed E-state index contributed by atoms with van der Waals surface area (Å²) in [4.78, 5) is 16.1. The molecule has 5 nitrogen and oxygen atoms in total. The van der Waals surface area contributed by atoms with Gasteiger partial charge in [-0.3, -0.25) is 9.78 Å². The summed E-state index contributed by atoms with van der Waals surface area (Å²) in [5.74, 6) is -0.767. The number of halogens is 2. The van der Waals surface area contributed by atoms with Crippen LogP contribution in [0.25, 0.3) is 0 Å². The number of benzene rings is 1. The predicted molar refractivity (Wildman–Crippen MR) is 75.0 cm³/mol. The van der Waals surface area contributed by atoms with Crippen LogP contribution in [0.15, 0.2) is 42.7 Å². The van der Waals surface area contributed by atoms with E-state index in [0.29, 0.717) is 0 Å². The fourth-order valence-electron chi connectivity index (χ4n) is 1.85. The van der Waals surface area contributed by atoms with Gasteiger partial charge in [-0.05, 0) is 23.8 Å². The van der Waals surface area contributed by atoms with Crippen LogP contribution in [0.3, 0.4) is 0 Å². The Hall–Kier alpha value is -2.70. The number of carbonyl (C=O) groups is 1. The van der Waals surface area contributed by atoms with E-state index in [1.54, 1.807) is 24.5 Å². The third-order valence-corrected chi connectivity index (χ3v) is 2.83. The van der Waals surface area contributed by atoms with Crippen molar-refractivity contribution in [1.82, 2.24) is 10.3 Å². The normalized spacial score (nSPS) is 10.4. The minimum absolute atomic E-state index is 0.0245. The molecule has 0 aliphatic carbocycles. The Bertz CT molecular complexity index is 636. The van der Waals surface area contributed by atoms with Crippen molar-refractivity contribution in [2.24, 2.45) is 0 Å². The average Bonchev–Trinajstić information content (AvgIpc) is 2.53. The largest absolute Gasteiger partial charge is 0.493 e. The molecule has 0 bridgehead atoms. The number of alkyl halides is 2. The van der Waals surface area contributed by atoms with Gasteiger partial charge in [-0.25, -0.2) is 0 Å². The second kappa shape index (κ2) is 7.35. The van der Waals surface area contributed by atoms with E-state index >= 15 is 0 Å². The Balaban J connectivity index is 2.18. The fourth-order valence-corrected chi connectivity index (χ4v) is 1.85. The second-order valence-electron chi connectivity index (χ2n) is 4.26. The molecule has 22 heavy (non-hydrogen) atoms. The minimum atomic E-state index is -3.05. The van der Waals surface area contributed by atoms with Crippen LogP contribution in [0, 0.1) is 0 Å².